The van der Waals surface area contributed by atoms with E-state index < -0.39 is 0 Å². The minimum absolute atomic E-state index is 0.0388. The number of nitrogens with one attached hydrogen (secondary N) is 1. The normalized spacial score (nSPS) is 28.5. The Hall–Kier alpha value is -1.02. The van der Waals surface area contributed by atoms with Gasteiger partial charge in [0.05, 0.1) is 0 Å². The molecule has 2 rings (SSSR count). The average Bonchev–Trinajstić information content (AvgIpc) is 2.91. The minimum atomic E-state index is -0.0900. The number of carbonyl (C=O) groups is 1. The van der Waals surface area contributed by atoms with E-state index in [-0.39, 0.29) is 17.3 Å². The van der Waals surface area contributed by atoms with Crippen molar-refractivity contribution in [1.29, 1.82) is 0 Å². The largest absolute Gasteiger partial charge is 0.349 e. The lowest BCUT2D eigenvalue weighted by Crippen LogP contribution is -2.36. The van der Waals surface area contributed by atoms with Crippen molar-refractivity contribution in [3.63, 3.8) is 0 Å². The number of hydrogen-bond acceptors (Lipinski definition) is 1. The zero-order chi connectivity index (χ0) is 10.9. The van der Waals surface area contributed by atoms with Gasteiger partial charge in [0.15, 0.2) is 0 Å². The summed E-state index contributed by atoms with van der Waals surface area (Å²) in [6, 6.07) is 10.3. The van der Waals surface area contributed by atoms with Gasteiger partial charge in [-0.1, -0.05) is 30.3 Å². The molecule has 0 saturated heterocycles. The number of hydrogen-bond donors (Lipinski definition) is 1. The lowest BCUT2D eigenvalue weighted by molar-refractivity contribution is -0.119. The van der Waals surface area contributed by atoms with Gasteiger partial charge < -0.3 is 5.32 Å². The van der Waals surface area contributed by atoms with Gasteiger partial charge >= 0.3 is 0 Å². The van der Waals surface area contributed by atoms with Gasteiger partial charge in [-0.25, -0.2) is 0 Å². The molecular weight excluding hydrogens is 210 g/mol. The van der Waals surface area contributed by atoms with Crippen LogP contribution in [0, 0.1) is 0 Å². The summed E-state index contributed by atoms with van der Waals surface area (Å²) in [5.41, 5.74) is 1.20. The topological polar surface area (TPSA) is 29.1 Å². The first-order valence-electron chi connectivity index (χ1n) is 5.07. The molecule has 3 heteroatoms. The SMILES string of the molecule is C[C@@]1(NC(=O)CCl)C[C@H]1c1ccccc1. The van der Waals surface area contributed by atoms with Gasteiger partial charge in [-0.05, 0) is 18.9 Å². The van der Waals surface area contributed by atoms with E-state index in [9.17, 15) is 4.79 Å². The molecule has 1 aromatic rings. The fraction of sp³-hybridized carbons (Fsp3) is 0.417. The van der Waals surface area contributed by atoms with Crippen molar-refractivity contribution in [2.45, 2.75) is 24.8 Å². The second-order valence-electron chi connectivity index (χ2n) is 4.27. The summed E-state index contributed by atoms with van der Waals surface area (Å²) in [5.74, 6) is 0.389. The number of carbonyl (C=O) groups excluding carboxylic acids is 1. The quantitative estimate of drug-likeness (QED) is 0.783. The van der Waals surface area contributed by atoms with Crippen LogP contribution in [0.4, 0.5) is 0 Å². The lowest BCUT2D eigenvalue weighted by atomic mass is 10.1. The van der Waals surface area contributed by atoms with Crippen LogP contribution < -0.4 is 5.32 Å². The van der Waals surface area contributed by atoms with Crippen molar-refractivity contribution in [1.82, 2.24) is 5.32 Å². The van der Waals surface area contributed by atoms with Gasteiger partial charge in [0.1, 0.15) is 5.88 Å². The Morgan fingerprint density at radius 2 is 2.20 bits per heavy atom. The maximum absolute atomic E-state index is 11.2. The fourth-order valence-corrected chi connectivity index (χ4v) is 2.09. The van der Waals surface area contributed by atoms with Crippen LogP contribution >= 0.6 is 11.6 Å². The highest BCUT2D eigenvalue weighted by molar-refractivity contribution is 6.27. The molecule has 1 saturated carbocycles. The molecule has 0 radical (unpaired) electrons. The molecule has 1 aliphatic rings. The fourth-order valence-electron chi connectivity index (χ4n) is 2.03. The third kappa shape index (κ3) is 2.15. The van der Waals surface area contributed by atoms with Crippen LogP contribution in [0.3, 0.4) is 0 Å². The van der Waals surface area contributed by atoms with Crippen LogP contribution in [0.1, 0.15) is 24.8 Å². The first-order valence-corrected chi connectivity index (χ1v) is 5.61. The molecule has 1 amide bonds. The summed E-state index contributed by atoms with van der Waals surface area (Å²) in [6.07, 6.45) is 1.000. The Balaban J connectivity index is 2.03. The summed E-state index contributed by atoms with van der Waals surface area (Å²) in [6.45, 7) is 2.06. The molecule has 0 aromatic heterocycles. The third-order valence-corrected chi connectivity index (χ3v) is 3.23. The minimum Gasteiger partial charge on any atom is -0.349 e. The molecule has 0 unspecified atom stereocenters. The average molecular weight is 224 g/mol. The van der Waals surface area contributed by atoms with Crippen molar-refractivity contribution < 1.29 is 4.79 Å². The molecule has 1 N–H and O–H groups in total. The van der Waals surface area contributed by atoms with Gasteiger partial charge in [0.2, 0.25) is 5.91 Å². The van der Waals surface area contributed by atoms with E-state index >= 15 is 0 Å². The smallest absolute Gasteiger partial charge is 0.235 e. The molecule has 1 fully saturated rings. The third-order valence-electron chi connectivity index (χ3n) is 2.99. The van der Waals surface area contributed by atoms with Crippen molar-refractivity contribution >= 4 is 17.5 Å². The second-order valence-corrected chi connectivity index (χ2v) is 4.53. The molecule has 2 atom stereocenters. The summed E-state index contributed by atoms with van der Waals surface area (Å²) >= 11 is 5.47. The number of rotatable bonds is 3. The summed E-state index contributed by atoms with van der Waals surface area (Å²) in [5, 5.41) is 2.96. The lowest BCUT2D eigenvalue weighted by Gasteiger charge is -2.12. The molecule has 0 spiro atoms. The van der Waals surface area contributed by atoms with E-state index in [1.54, 1.807) is 0 Å². The van der Waals surface area contributed by atoms with E-state index in [4.69, 9.17) is 11.6 Å². The molecule has 0 heterocycles. The van der Waals surface area contributed by atoms with Gasteiger partial charge in [-0.3, -0.25) is 4.79 Å². The van der Waals surface area contributed by atoms with E-state index in [1.165, 1.54) is 5.56 Å². The second kappa shape index (κ2) is 3.86. The molecule has 2 nitrogen and oxygen atoms in total. The number of halogens is 1. The number of alkyl halides is 1. The standard InChI is InChI=1S/C12H14ClNO/c1-12(14-11(15)8-13)7-10(12)9-5-3-2-4-6-9/h2-6,10H,7-8H2,1H3,(H,14,15)/t10-,12+/m0/s1. The van der Waals surface area contributed by atoms with Crippen LogP contribution in [0.5, 0.6) is 0 Å². The van der Waals surface area contributed by atoms with Crippen LogP contribution in [-0.4, -0.2) is 17.3 Å². The van der Waals surface area contributed by atoms with Crippen molar-refractivity contribution in [3.05, 3.63) is 35.9 Å². The van der Waals surface area contributed by atoms with E-state index in [1.807, 2.05) is 18.2 Å². The summed E-state index contributed by atoms with van der Waals surface area (Å²) < 4.78 is 0. The zero-order valence-electron chi connectivity index (χ0n) is 8.66. The maximum atomic E-state index is 11.2. The van der Waals surface area contributed by atoms with Crippen LogP contribution in [0.2, 0.25) is 0 Å². The van der Waals surface area contributed by atoms with Gasteiger partial charge in [-0.2, -0.15) is 0 Å². The summed E-state index contributed by atoms with van der Waals surface area (Å²) in [7, 11) is 0. The predicted molar refractivity (Wildman–Crippen MR) is 61.1 cm³/mol. The van der Waals surface area contributed by atoms with E-state index in [2.05, 4.69) is 24.4 Å². The highest BCUT2D eigenvalue weighted by Crippen LogP contribution is 2.50. The highest BCUT2D eigenvalue weighted by atomic mass is 35.5. The Bertz CT molecular complexity index is 365. The molecule has 80 valence electrons. The first-order chi connectivity index (χ1) is 7.15. The van der Waals surface area contributed by atoms with Gasteiger partial charge in [0, 0.05) is 11.5 Å². The molecule has 0 bridgehead atoms. The van der Waals surface area contributed by atoms with Crippen LogP contribution in [-0.2, 0) is 4.79 Å². The van der Waals surface area contributed by atoms with Crippen molar-refractivity contribution in [2.75, 3.05) is 5.88 Å². The van der Waals surface area contributed by atoms with Crippen LogP contribution in [0.25, 0.3) is 0 Å². The number of benzene rings is 1. The Kier molecular flexibility index (Phi) is 2.70. The Morgan fingerprint density at radius 3 is 2.80 bits per heavy atom. The molecule has 15 heavy (non-hydrogen) atoms. The van der Waals surface area contributed by atoms with Gasteiger partial charge in [0.25, 0.3) is 0 Å². The van der Waals surface area contributed by atoms with Crippen LogP contribution in [0.15, 0.2) is 30.3 Å². The van der Waals surface area contributed by atoms with Crippen molar-refractivity contribution in [3.8, 4) is 0 Å². The van der Waals surface area contributed by atoms with E-state index in [0.717, 1.165) is 6.42 Å². The molecule has 1 aromatic carbocycles. The zero-order valence-corrected chi connectivity index (χ0v) is 9.42. The monoisotopic (exact) mass is 223 g/mol. The summed E-state index contributed by atoms with van der Waals surface area (Å²) in [4.78, 5) is 11.2. The molecule has 0 aliphatic heterocycles. The first kappa shape index (κ1) is 10.5. The Morgan fingerprint density at radius 1 is 1.53 bits per heavy atom. The predicted octanol–water partition coefficient (Wildman–Crippen LogP) is 2.29. The Labute approximate surface area is 94.6 Å². The van der Waals surface area contributed by atoms with Gasteiger partial charge in [-0.15, -0.1) is 11.6 Å². The highest BCUT2D eigenvalue weighted by Gasteiger charge is 2.51. The maximum Gasteiger partial charge on any atom is 0.235 e. The molecule has 1 aliphatic carbocycles. The molecular formula is C12H14ClNO. The van der Waals surface area contributed by atoms with Crippen molar-refractivity contribution in [2.24, 2.45) is 0 Å². The number of amides is 1. The van der Waals surface area contributed by atoms with E-state index in [0.29, 0.717) is 5.92 Å².